The van der Waals surface area contributed by atoms with Gasteiger partial charge in [0.1, 0.15) is 0 Å². The van der Waals surface area contributed by atoms with Gasteiger partial charge in [-0.15, -0.1) is 0 Å². The van der Waals surface area contributed by atoms with Crippen molar-refractivity contribution < 1.29 is 13.2 Å². The third-order valence-electron chi connectivity index (χ3n) is 4.24. The minimum absolute atomic E-state index is 0.0760. The summed E-state index contributed by atoms with van der Waals surface area (Å²) in [5, 5.41) is 13.3. The Morgan fingerprint density at radius 1 is 1.00 bits per heavy atom. The molecular formula is C22H17ClN4O3S. The van der Waals surface area contributed by atoms with Crippen LogP contribution in [0.1, 0.15) is 28.4 Å². The van der Waals surface area contributed by atoms with E-state index >= 15 is 0 Å². The normalized spacial score (nSPS) is 11.5. The zero-order valence-electron chi connectivity index (χ0n) is 16.3. The highest BCUT2D eigenvalue weighted by Gasteiger charge is 2.17. The van der Waals surface area contributed by atoms with Gasteiger partial charge in [-0.3, -0.25) is 9.52 Å². The molecular weight excluding hydrogens is 436 g/mol. The molecule has 156 valence electrons. The molecule has 3 aromatic rings. The molecule has 3 rings (SSSR count). The van der Waals surface area contributed by atoms with Gasteiger partial charge in [0.25, 0.3) is 15.9 Å². The molecule has 2 N–H and O–H groups in total. The summed E-state index contributed by atoms with van der Waals surface area (Å²) >= 11 is 5.89. The summed E-state index contributed by atoms with van der Waals surface area (Å²) < 4.78 is 27.7. The number of amides is 1. The molecule has 0 atom stereocenters. The molecule has 0 aromatic heterocycles. The number of hydrazone groups is 1. The molecule has 0 saturated heterocycles. The van der Waals surface area contributed by atoms with E-state index in [1.165, 1.54) is 30.3 Å². The van der Waals surface area contributed by atoms with E-state index in [1.54, 1.807) is 49.4 Å². The van der Waals surface area contributed by atoms with Gasteiger partial charge in [-0.25, -0.2) is 13.8 Å². The number of hydrogen-bond acceptors (Lipinski definition) is 5. The van der Waals surface area contributed by atoms with Crippen LogP contribution in [0.2, 0.25) is 5.02 Å². The summed E-state index contributed by atoms with van der Waals surface area (Å²) in [6.45, 7) is 1.71. The van der Waals surface area contributed by atoms with Gasteiger partial charge < -0.3 is 0 Å². The van der Waals surface area contributed by atoms with E-state index in [9.17, 15) is 13.2 Å². The number of nitrogens with one attached hydrogen (secondary N) is 2. The summed E-state index contributed by atoms with van der Waals surface area (Å²) in [5.74, 6) is -0.562. The van der Waals surface area contributed by atoms with E-state index in [0.717, 1.165) is 5.56 Å². The van der Waals surface area contributed by atoms with Gasteiger partial charge in [-0.2, -0.15) is 10.4 Å². The van der Waals surface area contributed by atoms with Crippen LogP contribution in [0.5, 0.6) is 0 Å². The van der Waals surface area contributed by atoms with Gasteiger partial charge in [0, 0.05) is 10.6 Å². The van der Waals surface area contributed by atoms with Crippen molar-refractivity contribution in [2.45, 2.75) is 11.8 Å². The number of sulfonamides is 1. The Kier molecular flexibility index (Phi) is 6.70. The number of nitrogens with zero attached hydrogens (tertiary/aromatic N) is 2. The molecule has 9 heteroatoms. The van der Waals surface area contributed by atoms with E-state index in [-0.39, 0.29) is 10.5 Å². The lowest BCUT2D eigenvalue weighted by atomic mass is 10.1. The molecule has 0 aliphatic rings. The van der Waals surface area contributed by atoms with E-state index in [1.807, 2.05) is 6.07 Å². The van der Waals surface area contributed by atoms with Crippen molar-refractivity contribution >= 4 is 38.9 Å². The Bertz CT molecular complexity index is 1300. The van der Waals surface area contributed by atoms with Crippen molar-refractivity contribution in [3.8, 4) is 6.07 Å². The fraction of sp³-hybridized carbons (Fsp3) is 0.0455. The van der Waals surface area contributed by atoms with E-state index in [4.69, 9.17) is 16.9 Å². The van der Waals surface area contributed by atoms with Gasteiger partial charge in [-0.1, -0.05) is 35.9 Å². The molecule has 0 radical (unpaired) electrons. The molecule has 0 bridgehead atoms. The number of rotatable bonds is 6. The van der Waals surface area contributed by atoms with Crippen LogP contribution in [0, 0.1) is 11.3 Å². The van der Waals surface area contributed by atoms with Crippen molar-refractivity contribution in [2.24, 2.45) is 5.10 Å². The first-order valence-corrected chi connectivity index (χ1v) is 10.9. The number of carbonyl (C=O) groups excluding carboxylic acids is 1. The van der Waals surface area contributed by atoms with Gasteiger partial charge in [0.15, 0.2) is 0 Å². The predicted octanol–water partition coefficient (Wildman–Crippen LogP) is 4.17. The monoisotopic (exact) mass is 452 g/mol. The SMILES string of the molecule is CC(=NNC(=O)c1cccc(S(=O)(=O)Nc2cccc(Cl)c2)c1)c1ccc(C#N)cc1. The topological polar surface area (TPSA) is 111 Å². The van der Waals surface area contributed by atoms with Crippen molar-refractivity contribution in [2.75, 3.05) is 4.72 Å². The standard InChI is InChI=1S/C22H17ClN4O3S/c1-15(17-10-8-16(14-24)9-11-17)25-26-22(28)18-4-2-7-21(12-18)31(29,30)27-20-6-3-5-19(23)13-20/h2-13,27H,1H3,(H,26,28). The summed E-state index contributed by atoms with van der Waals surface area (Å²) in [5.41, 5.74) is 4.64. The third kappa shape index (κ3) is 5.69. The molecule has 0 aliphatic heterocycles. The Labute approximate surface area is 185 Å². The van der Waals surface area contributed by atoms with Crippen molar-refractivity contribution in [1.82, 2.24) is 5.43 Å². The number of carbonyl (C=O) groups is 1. The summed E-state index contributed by atoms with van der Waals surface area (Å²) in [4.78, 5) is 12.4. The minimum Gasteiger partial charge on any atom is -0.280 e. The highest BCUT2D eigenvalue weighted by molar-refractivity contribution is 7.92. The third-order valence-corrected chi connectivity index (χ3v) is 5.85. The van der Waals surface area contributed by atoms with Crippen LogP contribution in [-0.2, 0) is 10.0 Å². The average Bonchev–Trinajstić information content (AvgIpc) is 2.77. The highest BCUT2D eigenvalue weighted by Crippen LogP contribution is 2.20. The van der Waals surface area contributed by atoms with Gasteiger partial charge >= 0.3 is 0 Å². The molecule has 1 amide bonds. The fourth-order valence-corrected chi connectivity index (χ4v) is 3.91. The van der Waals surface area contributed by atoms with Crippen molar-refractivity contribution in [3.05, 3.63) is 94.5 Å². The molecule has 0 saturated carbocycles. The van der Waals surface area contributed by atoms with Crippen LogP contribution >= 0.6 is 11.6 Å². The molecule has 0 aliphatic carbocycles. The van der Waals surface area contributed by atoms with E-state index in [0.29, 0.717) is 22.0 Å². The Morgan fingerprint density at radius 2 is 1.71 bits per heavy atom. The first-order chi connectivity index (χ1) is 14.8. The predicted molar refractivity (Wildman–Crippen MR) is 120 cm³/mol. The maximum Gasteiger partial charge on any atom is 0.271 e. The smallest absolute Gasteiger partial charge is 0.271 e. The lowest BCUT2D eigenvalue weighted by Crippen LogP contribution is -2.20. The molecule has 0 fully saturated rings. The van der Waals surface area contributed by atoms with Crippen LogP contribution in [0.4, 0.5) is 5.69 Å². The maximum absolute atomic E-state index is 12.7. The number of nitriles is 1. The zero-order chi connectivity index (χ0) is 22.4. The van der Waals surface area contributed by atoms with Crippen LogP contribution in [0.15, 0.2) is 82.8 Å². The second-order valence-electron chi connectivity index (χ2n) is 6.47. The van der Waals surface area contributed by atoms with Gasteiger partial charge in [-0.05, 0) is 61.0 Å². The number of halogens is 1. The molecule has 31 heavy (non-hydrogen) atoms. The van der Waals surface area contributed by atoms with E-state index in [2.05, 4.69) is 15.2 Å². The maximum atomic E-state index is 12.7. The molecule has 7 nitrogen and oxygen atoms in total. The average molecular weight is 453 g/mol. The lowest BCUT2D eigenvalue weighted by molar-refractivity contribution is 0.0954. The van der Waals surface area contributed by atoms with Crippen LogP contribution in [0.3, 0.4) is 0 Å². The first kappa shape index (κ1) is 22.0. The van der Waals surface area contributed by atoms with Gasteiger partial charge in [0.2, 0.25) is 0 Å². The van der Waals surface area contributed by atoms with E-state index < -0.39 is 15.9 Å². The number of benzene rings is 3. The minimum atomic E-state index is -3.92. The number of anilines is 1. The second-order valence-corrected chi connectivity index (χ2v) is 8.59. The van der Waals surface area contributed by atoms with Crippen LogP contribution in [-0.4, -0.2) is 20.0 Å². The Hall–Kier alpha value is -3.67. The van der Waals surface area contributed by atoms with Crippen molar-refractivity contribution in [3.63, 3.8) is 0 Å². The molecule has 0 spiro atoms. The lowest BCUT2D eigenvalue weighted by Gasteiger charge is -2.09. The Balaban J connectivity index is 1.75. The quantitative estimate of drug-likeness (QED) is 0.431. The largest absolute Gasteiger partial charge is 0.280 e. The summed E-state index contributed by atoms with van der Waals surface area (Å²) in [6, 6.07) is 20.7. The summed E-state index contributed by atoms with van der Waals surface area (Å²) in [6.07, 6.45) is 0. The highest BCUT2D eigenvalue weighted by atomic mass is 35.5. The summed E-state index contributed by atoms with van der Waals surface area (Å²) in [7, 11) is -3.92. The van der Waals surface area contributed by atoms with Gasteiger partial charge in [0.05, 0.1) is 27.9 Å². The van der Waals surface area contributed by atoms with Crippen molar-refractivity contribution in [1.29, 1.82) is 5.26 Å². The zero-order valence-corrected chi connectivity index (χ0v) is 17.9. The number of hydrogen-bond donors (Lipinski definition) is 2. The second kappa shape index (κ2) is 9.43. The first-order valence-electron chi connectivity index (χ1n) is 9.02. The molecule has 0 heterocycles. The van der Waals surface area contributed by atoms with Crippen LogP contribution in [0.25, 0.3) is 0 Å². The Morgan fingerprint density at radius 3 is 2.39 bits per heavy atom. The molecule has 0 unspecified atom stereocenters. The fourth-order valence-electron chi connectivity index (χ4n) is 2.62. The molecule has 3 aromatic carbocycles. The van der Waals surface area contributed by atoms with Crippen LogP contribution < -0.4 is 10.1 Å².